The highest BCUT2D eigenvalue weighted by atomic mass is 32.1. The molecular formula is C12H8FN3OS. The standard InChI is InChI=1S/C12H8FN3OS/c13-7-3-1-6(2-4-7)9-5-8-10(14-9)15-12(18)16-11(8)17/h1-4H,5H2,(H2,15,16,17,18). The molecule has 1 aromatic heterocycles. The van der Waals surface area contributed by atoms with E-state index in [0.717, 1.165) is 11.3 Å². The van der Waals surface area contributed by atoms with Crippen molar-refractivity contribution in [1.29, 1.82) is 0 Å². The Labute approximate surface area is 106 Å². The number of nitrogens with zero attached hydrogens (tertiary/aromatic N) is 1. The lowest BCUT2D eigenvalue weighted by molar-refractivity contribution is 0.628. The Bertz CT molecular complexity index is 758. The number of nitrogens with one attached hydrogen (secondary N) is 2. The van der Waals surface area contributed by atoms with Gasteiger partial charge in [0, 0.05) is 6.42 Å². The first-order valence-corrected chi connectivity index (χ1v) is 5.73. The van der Waals surface area contributed by atoms with Gasteiger partial charge >= 0.3 is 0 Å². The van der Waals surface area contributed by atoms with Crippen LogP contribution in [0.4, 0.5) is 10.2 Å². The lowest BCUT2D eigenvalue weighted by Gasteiger charge is -1.98. The molecule has 2 N–H and O–H groups in total. The molecule has 2 heterocycles. The van der Waals surface area contributed by atoms with E-state index in [9.17, 15) is 9.18 Å². The van der Waals surface area contributed by atoms with E-state index in [1.165, 1.54) is 12.1 Å². The van der Waals surface area contributed by atoms with E-state index >= 15 is 0 Å². The fourth-order valence-corrected chi connectivity index (χ4v) is 2.10. The van der Waals surface area contributed by atoms with Crippen molar-refractivity contribution in [1.82, 2.24) is 9.97 Å². The van der Waals surface area contributed by atoms with Crippen LogP contribution in [0.1, 0.15) is 11.1 Å². The summed E-state index contributed by atoms with van der Waals surface area (Å²) >= 11 is 4.88. The number of halogens is 1. The highest BCUT2D eigenvalue weighted by Gasteiger charge is 2.19. The van der Waals surface area contributed by atoms with Crippen molar-refractivity contribution in [3.05, 3.63) is 56.3 Å². The number of aromatic nitrogens is 2. The van der Waals surface area contributed by atoms with E-state index in [-0.39, 0.29) is 16.1 Å². The molecule has 6 heteroatoms. The molecule has 0 atom stereocenters. The van der Waals surface area contributed by atoms with Gasteiger partial charge in [0.1, 0.15) is 11.6 Å². The average molecular weight is 261 g/mol. The second-order valence-electron chi connectivity index (χ2n) is 3.98. The maximum absolute atomic E-state index is 12.8. The lowest BCUT2D eigenvalue weighted by atomic mass is 10.1. The molecule has 1 aromatic carbocycles. The van der Waals surface area contributed by atoms with Gasteiger partial charge in [-0.1, -0.05) is 12.1 Å². The van der Waals surface area contributed by atoms with Crippen LogP contribution in [-0.2, 0) is 6.42 Å². The average Bonchev–Trinajstić information content (AvgIpc) is 2.74. The van der Waals surface area contributed by atoms with Crippen LogP contribution in [0.25, 0.3) is 0 Å². The first-order chi connectivity index (χ1) is 8.63. The second kappa shape index (κ2) is 3.99. The minimum Gasteiger partial charge on any atom is -0.317 e. The summed E-state index contributed by atoms with van der Waals surface area (Å²) in [5.41, 5.74) is 1.86. The molecule has 4 nitrogen and oxygen atoms in total. The van der Waals surface area contributed by atoms with Crippen LogP contribution < -0.4 is 5.56 Å². The van der Waals surface area contributed by atoms with Gasteiger partial charge in [0.15, 0.2) is 4.77 Å². The molecule has 1 aliphatic heterocycles. The van der Waals surface area contributed by atoms with Crippen LogP contribution in [0.15, 0.2) is 34.1 Å². The predicted molar refractivity (Wildman–Crippen MR) is 68.5 cm³/mol. The quantitative estimate of drug-likeness (QED) is 0.773. The SMILES string of the molecule is O=c1[nH]c(=S)[nH]c2c1CC(c1ccc(F)cc1)=N2. The van der Waals surface area contributed by atoms with E-state index in [0.29, 0.717) is 17.8 Å². The summed E-state index contributed by atoms with van der Waals surface area (Å²) in [7, 11) is 0. The summed E-state index contributed by atoms with van der Waals surface area (Å²) in [5, 5.41) is 0. The van der Waals surface area contributed by atoms with Gasteiger partial charge in [0.2, 0.25) is 0 Å². The van der Waals surface area contributed by atoms with Crippen LogP contribution in [0.3, 0.4) is 0 Å². The third-order valence-electron chi connectivity index (χ3n) is 2.79. The van der Waals surface area contributed by atoms with Gasteiger partial charge in [-0.2, -0.15) is 0 Å². The smallest absolute Gasteiger partial charge is 0.257 e. The molecule has 3 rings (SSSR count). The van der Waals surface area contributed by atoms with Crippen molar-refractivity contribution < 1.29 is 4.39 Å². The Morgan fingerprint density at radius 2 is 1.94 bits per heavy atom. The van der Waals surface area contributed by atoms with Crippen molar-refractivity contribution in [3.8, 4) is 0 Å². The van der Waals surface area contributed by atoms with Gasteiger partial charge in [0.05, 0.1) is 11.3 Å². The Hall–Kier alpha value is -2.08. The lowest BCUT2D eigenvalue weighted by Crippen LogP contribution is -2.14. The van der Waals surface area contributed by atoms with Crippen LogP contribution in [0, 0.1) is 10.6 Å². The Morgan fingerprint density at radius 3 is 2.67 bits per heavy atom. The molecule has 0 saturated carbocycles. The van der Waals surface area contributed by atoms with Crippen molar-refractivity contribution >= 4 is 23.7 Å². The Kier molecular flexibility index (Phi) is 2.45. The number of aliphatic imine (C=N–C) groups is 1. The van der Waals surface area contributed by atoms with Gasteiger partial charge in [-0.05, 0) is 29.9 Å². The number of benzene rings is 1. The molecule has 1 aliphatic rings. The summed E-state index contributed by atoms with van der Waals surface area (Å²) in [4.78, 5) is 21.4. The molecule has 18 heavy (non-hydrogen) atoms. The van der Waals surface area contributed by atoms with Gasteiger partial charge in [0.25, 0.3) is 5.56 Å². The summed E-state index contributed by atoms with van der Waals surface area (Å²) in [5.74, 6) is 0.190. The van der Waals surface area contributed by atoms with Gasteiger partial charge in [-0.3, -0.25) is 9.78 Å². The van der Waals surface area contributed by atoms with Crippen molar-refractivity contribution in [2.45, 2.75) is 6.42 Å². The normalized spacial score (nSPS) is 13.3. The number of aromatic amines is 2. The molecule has 0 unspecified atom stereocenters. The second-order valence-corrected chi connectivity index (χ2v) is 4.39. The molecule has 0 spiro atoms. The van der Waals surface area contributed by atoms with Gasteiger partial charge in [-0.25, -0.2) is 9.38 Å². The van der Waals surface area contributed by atoms with Crippen LogP contribution in [-0.4, -0.2) is 15.7 Å². The molecule has 0 amide bonds. The predicted octanol–water partition coefficient (Wildman–Crippen LogP) is 2.25. The molecule has 90 valence electrons. The first kappa shape index (κ1) is 11.0. The zero-order valence-electron chi connectivity index (χ0n) is 9.16. The topological polar surface area (TPSA) is 61.0 Å². The fraction of sp³-hybridized carbons (Fsp3) is 0.0833. The Balaban J connectivity index is 2.07. The van der Waals surface area contributed by atoms with E-state index in [4.69, 9.17) is 12.2 Å². The molecule has 0 bridgehead atoms. The van der Waals surface area contributed by atoms with E-state index in [1.54, 1.807) is 12.1 Å². The first-order valence-electron chi connectivity index (χ1n) is 5.32. The zero-order valence-corrected chi connectivity index (χ0v) is 9.97. The molecule has 2 aromatic rings. The summed E-state index contributed by atoms with van der Waals surface area (Å²) in [6.07, 6.45) is 0.419. The highest BCUT2D eigenvalue weighted by Crippen LogP contribution is 2.23. The van der Waals surface area contributed by atoms with Crippen LogP contribution in [0.5, 0.6) is 0 Å². The monoisotopic (exact) mass is 261 g/mol. The van der Waals surface area contributed by atoms with E-state index in [2.05, 4.69) is 15.0 Å². The number of fused-ring (bicyclic) bond motifs is 1. The van der Waals surface area contributed by atoms with Gasteiger partial charge in [-0.15, -0.1) is 0 Å². The number of rotatable bonds is 1. The highest BCUT2D eigenvalue weighted by molar-refractivity contribution is 7.71. The van der Waals surface area contributed by atoms with Crippen molar-refractivity contribution in [2.24, 2.45) is 4.99 Å². The number of H-pyrrole nitrogens is 2. The van der Waals surface area contributed by atoms with Gasteiger partial charge < -0.3 is 4.98 Å². The van der Waals surface area contributed by atoms with E-state index < -0.39 is 0 Å². The maximum atomic E-state index is 12.8. The van der Waals surface area contributed by atoms with Crippen LogP contribution in [0.2, 0.25) is 0 Å². The van der Waals surface area contributed by atoms with Crippen LogP contribution >= 0.6 is 12.2 Å². The minimum atomic E-state index is -0.299. The van der Waals surface area contributed by atoms with E-state index in [1.807, 2.05) is 0 Å². The minimum absolute atomic E-state index is 0.227. The molecule has 0 radical (unpaired) electrons. The molecular weight excluding hydrogens is 253 g/mol. The summed E-state index contributed by atoms with van der Waals surface area (Å²) in [6.45, 7) is 0. The maximum Gasteiger partial charge on any atom is 0.257 e. The Morgan fingerprint density at radius 1 is 1.22 bits per heavy atom. The molecule has 0 aliphatic carbocycles. The largest absolute Gasteiger partial charge is 0.317 e. The van der Waals surface area contributed by atoms with Crippen molar-refractivity contribution in [3.63, 3.8) is 0 Å². The number of hydrogen-bond donors (Lipinski definition) is 2. The fourth-order valence-electron chi connectivity index (χ4n) is 1.91. The molecule has 0 saturated heterocycles. The molecule has 0 fully saturated rings. The summed E-state index contributed by atoms with van der Waals surface area (Å²) < 4.78 is 13.1. The summed E-state index contributed by atoms with van der Waals surface area (Å²) in [6, 6.07) is 6.02. The zero-order chi connectivity index (χ0) is 12.7. The van der Waals surface area contributed by atoms with Crippen molar-refractivity contribution in [2.75, 3.05) is 0 Å². The third kappa shape index (κ3) is 1.80. The number of hydrogen-bond acceptors (Lipinski definition) is 3. The third-order valence-corrected chi connectivity index (χ3v) is 2.99.